The van der Waals surface area contributed by atoms with Gasteiger partial charge in [0.1, 0.15) is 12.1 Å². The Morgan fingerprint density at radius 3 is 2.69 bits per heavy atom. The second-order valence-corrected chi connectivity index (χ2v) is 4.27. The van der Waals surface area contributed by atoms with Crippen molar-refractivity contribution in [2.45, 2.75) is 44.2 Å². The highest BCUT2D eigenvalue weighted by molar-refractivity contribution is 5.78. The third-order valence-electron chi connectivity index (χ3n) is 2.56. The van der Waals surface area contributed by atoms with Gasteiger partial charge in [0.2, 0.25) is 0 Å². The first-order valence-corrected chi connectivity index (χ1v) is 5.31. The SMILES string of the molecule is CC(CCOCC(F)F)(NC1CC1)C(=O)O. The summed E-state index contributed by atoms with van der Waals surface area (Å²) in [5.41, 5.74) is -1.08. The van der Waals surface area contributed by atoms with Crippen LogP contribution in [0.15, 0.2) is 0 Å². The molecule has 6 heteroatoms. The Hall–Kier alpha value is -0.750. The number of ether oxygens (including phenoxy) is 1. The van der Waals surface area contributed by atoms with Crippen molar-refractivity contribution in [3.05, 3.63) is 0 Å². The minimum atomic E-state index is -2.51. The van der Waals surface area contributed by atoms with Crippen LogP contribution in [-0.4, -0.2) is 42.3 Å². The van der Waals surface area contributed by atoms with E-state index in [1.54, 1.807) is 6.92 Å². The van der Waals surface area contributed by atoms with Crippen molar-refractivity contribution in [1.82, 2.24) is 5.32 Å². The number of hydrogen-bond acceptors (Lipinski definition) is 3. The number of carbonyl (C=O) groups is 1. The summed E-state index contributed by atoms with van der Waals surface area (Å²) in [5, 5.41) is 12.0. The standard InChI is InChI=1S/C10H17F2NO3/c1-10(9(14)15,13-7-2-3-7)4-5-16-6-8(11)12/h7-8,13H,2-6H2,1H3,(H,14,15). The van der Waals surface area contributed by atoms with E-state index in [1.807, 2.05) is 0 Å². The van der Waals surface area contributed by atoms with Crippen molar-refractivity contribution in [1.29, 1.82) is 0 Å². The van der Waals surface area contributed by atoms with E-state index in [0.29, 0.717) is 0 Å². The van der Waals surface area contributed by atoms with Gasteiger partial charge < -0.3 is 9.84 Å². The topological polar surface area (TPSA) is 58.6 Å². The number of nitrogens with one attached hydrogen (secondary N) is 1. The molecule has 0 heterocycles. The van der Waals surface area contributed by atoms with Crippen molar-refractivity contribution in [2.24, 2.45) is 0 Å². The number of alkyl halides is 2. The van der Waals surface area contributed by atoms with Crippen molar-refractivity contribution in [2.75, 3.05) is 13.2 Å². The minimum Gasteiger partial charge on any atom is -0.480 e. The fraction of sp³-hybridized carbons (Fsp3) is 0.900. The van der Waals surface area contributed by atoms with Crippen molar-refractivity contribution in [3.8, 4) is 0 Å². The van der Waals surface area contributed by atoms with Crippen LogP contribution in [0.1, 0.15) is 26.2 Å². The van der Waals surface area contributed by atoms with Crippen LogP contribution >= 0.6 is 0 Å². The molecule has 1 unspecified atom stereocenters. The van der Waals surface area contributed by atoms with Gasteiger partial charge in [0.05, 0.1) is 0 Å². The molecule has 4 nitrogen and oxygen atoms in total. The second kappa shape index (κ2) is 5.54. The highest BCUT2D eigenvalue weighted by atomic mass is 19.3. The molecule has 1 aliphatic rings. The average molecular weight is 237 g/mol. The van der Waals surface area contributed by atoms with Crippen LogP contribution in [0.5, 0.6) is 0 Å². The normalized spacial score (nSPS) is 19.8. The van der Waals surface area contributed by atoms with Crippen molar-refractivity contribution >= 4 is 5.97 Å². The summed E-state index contributed by atoms with van der Waals surface area (Å²) in [5.74, 6) is -0.972. The molecule has 0 aromatic rings. The highest BCUT2D eigenvalue weighted by Crippen LogP contribution is 2.24. The summed E-state index contributed by atoms with van der Waals surface area (Å²) in [4.78, 5) is 11.0. The first-order valence-electron chi connectivity index (χ1n) is 5.31. The van der Waals surface area contributed by atoms with Crippen molar-refractivity contribution < 1.29 is 23.4 Å². The zero-order chi connectivity index (χ0) is 12.2. The molecule has 0 aliphatic heterocycles. The van der Waals surface area contributed by atoms with Crippen LogP contribution in [0.2, 0.25) is 0 Å². The van der Waals surface area contributed by atoms with E-state index in [0.717, 1.165) is 12.8 Å². The van der Waals surface area contributed by atoms with Gasteiger partial charge in [-0.25, -0.2) is 8.78 Å². The molecule has 0 bridgehead atoms. The summed E-state index contributed by atoms with van der Waals surface area (Å²) < 4.78 is 28.2. The summed E-state index contributed by atoms with van der Waals surface area (Å²) in [7, 11) is 0. The molecule has 0 radical (unpaired) electrons. The van der Waals surface area contributed by atoms with Gasteiger partial charge in [-0.1, -0.05) is 0 Å². The molecule has 1 saturated carbocycles. The molecular weight excluding hydrogens is 220 g/mol. The maximum atomic E-state index is 11.8. The molecule has 1 atom stereocenters. The Bertz CT molecular complexity index is 246. The molecule has 0 saturated heterocycles. The third kappa shape index (κ3) is 4.40. The van der Waals surface area contributed by atoms with E-state index in [4.69, 9.17) is 5.11 Å². The van der Waals surface area contributed by atoms with E-state index < -0.39 is 24.5 Å². The molecule has 0 amide bonds. The van der Waals surface area contributed by atoms with E-state index >= 15 is 0 Å². The largest absolute Gasteiger partial charge is 0.480 e. The smallest absolute Gasteiger partial charge is 0.323 e. The molecule has 94 valence electrons. The number of hydrogen-bond donors (Lipinski definition) is 2. The third-order valence-corrected chi connectivity index (χ3v) is 2.56. The maximum Gasteiger partial charge on any atom is 0.323 e. The van der Waals surface area contributed by atoms with Crippen LogP contribution in [0.25, 0.3) is 0 Å². The van der Waals surface area contributed by atoms with Crippen LogP contribution in [0.4, 0.5) is 8.78 Å². The molecule has 2 N–H and O–H groups in total. The molecule has 1 fully saturated rings. The van der Waals surface area contributed by atoms with E-state index in [2.05, 4.69) is 10.1 Å². The number of carboxylic acids is 1. The molecule has 0 aromatic carbocycles. The first-order chi connectivity index (χ1) is 7.44. The van der Waals surface area contributed by atoms with Crippen LogP contribution < -0.4 is 5.32 Å². The predicted molar refractivity (Wildman–Crippen MR) is 53.6 cm³/mol. The van der Waals surface area contributed by atoms with Gasteiger partial charge >= 0.3 is 5.97 Å². The second-order valence-electron chi connectivity index (χ2n) is 4.27. The summed E-state index contributed by atoms with van der Waals surface area (Å²) in [6.45, 7) is 0.936. The number of carboxylic acid groups (broad SMARTS) is 1. The van der Waals surface area contributed by atoms with Crippen LogP contribution in [-0.2, 0) is 9.53 Å². The maximum absolute atomic E-state index is 11.8. The molecule has 0 aromatic heterocycles. The van der Waals surface area contributed by atoms with Gasteiger partial charge in [-0.15, -0.1) is 0 Å². The molecule has 16 heavy (non-hydrogen) atoms. The highest BCUT2D eigenvalue weighted by Gasteiger charge is 2.38. The number of halogens is 2. The fourth-order valence-electron chi connectivity index (χ4n) is 1.37. The zero-order valence-electron chi connectivity index (χ0n) is 9.21. The van der Waals surface area contributed by atoms with Crippen LogP contribution in [0.3, 0.4) is 0 Å². The van der Waals surface area contributed by atoms with E-state index in [9.17, 15) is 13.6 Å². The van der Waals surface area contributed by atoms with Gasteiger partial charge in [0.15, 0.2) is 0 Å². The summed E-state index contributed by atoms with van der Waals surface area (Å²) in [6.07, 6.45) is -0.375. The summed E-state index contributed by atoms with van der Waals surface area (Å²) in [6, 6.07) is 0.246. The van der Waals surface area contributed by atoms with Gasteiger partial charge in [0, 0.05) is 12.6 Å². The van der Waals surface area contributed by atoms with Gasteiger partial charge in [0.25, 0.3) is 6.43 Å². The Kier molecular flexibility index (Phi) is 4.61. The zero-order valence-corrected chi connectivity index (χ0v) is 9.21. The lowest BCUT2D eigenvalue weighted by molar-refractivity contribution is -0.145. The molecule has 1 rings (SSSR count). The Balaban J connectivity index is 2.29. The van der Waals surface area contributed by atoms with Crippen molar-refractivity contribution in [3.63, 3.8) is 0 Å². The minimum absolute atomic E-state index is 0.0207. The van der Waals surface area contributed by atoms with Crippen LogP contribution in [0, 0.1) is 0 Å². The fourth-order valence-corrected chi connectivity index (χ4v) is 1.37. The quantitative estimate of drug-likeness (QED) is 0.624. The Morgan fingerprint density at radius 2 is 2.25 bits per heavy atom. The predicted octanol–water partition coefficient (Wildman–Crippen LogP) is 1.25. The van der Waals surface area contributed by atoms with Gasteiger partial charge in [-0.05, 0) is 26.2 Å². The monoisotopic (exact) mass is 237 g/mol. The Morgan fingerprint density at radius 1 is 1.62 bits per heavy atom. The lowest BCUT2D eigenvalue weighted by Gasteiger charge is -2.26. The van der Waals surface area contributed by atoms with Gasteiger partial charge in [-0.2, -0.15) is 0 Å². The molecular formula is C10H17F2NO3. The average Bonchev–Trinajstić information content (AvgIpc) is 2.96. The van der Waals surface area contributed by atoms with E-state index in [1.165, 1.54) is 0 Å². The molecule has 0 spiro atoms. The first kappa shape index (κ1) is 13.3. The number of rotatable bonds is 8. The summed E-state index contributed by atoms with van der Waals surface area (Å²) >= 11 is 0. The Labute approximate surface area is 93.0 Å². The lowest BCUT2D eigenvalue weighted by atomic mass is 9.98. The number of aliphatic carboxylic acids is 1. The van der Waals surface area contributed by atoms with Gasteiger partial charge in [-0.3, -0.25) is 10.1 Å². The van der Waals surface area contributed by atoms with E-state index in [-0.39, 0.29) is 19.1 Å². The lowest BCUT2D eigenvalue weighted by Crippen LogP contribution is -2.51. The molecule has 1 aliphatic carbocycles.